The molecule has 1 aromatic carbocycles. The summed E-state index contributed by atoms with van der Waals surface area (Å²) in [6, 6.07) is 4.09. The first-order valence-corrected chi connectivity index (χ1v) is 6.21. The van der Waals surface area contributed by atoms with Gasteiger partial charge in [-0.15, -0.1) is 0 Å². The second-order valence-electron chi connectivity index (χ2n) is 5.11. The molecule has 0 fully saturated rings. The number of benzene rings is 1. The van der Waals surface area contributed by atoms with Crippen LogP contribution >= 0.6 is 0 Å². The number of anilines is 2. The highest BCUT2D eigenvalue weighted by Crippen LogP contribution is 2.34. The summed E-state index contributed by atoms with van der Waals surface area (Å²) in [6.07, 6.45) is 2.04. The van der Waals surface area contributed by atoms with E-state index in [4.69, 9.17) is 5.73 Å². The van der Waals surface area contributed by atoms with E-state index in [2.05, 4.69) is 6.07 Å². The first kappa shape index (κ1) is 12.0. The van der Waals surface area contributed by atoms with Gasteiger partial charge in [-0.25, -0.2) is 0 Å². The van der Waals surface area contributed by atoms with Crippen LogP contribution in [-0.4, -0.2) is 12.5 Å². The maximum atomic E-state index is 12.2. The van der Waals surface area contributed by atoms with Gasteiger partial charge in [-0.2, -0.15) is 0 Å². The number of amides is 1. The Morgan fingerprint density at radius 1 is 1.41 bits per heavy atom. The van der Waals surface area contributed by atoms with E-state index in [0.717, 1.165) is 30.8 Å². The topological polar surface area (TPSA) is 46.3 Å². The minimum Gasteiger partial charge on any atom is -0.397 e. The molecular formula is C14H20N2O. The number of hydrogen-bond donors (Lipinski definition) is 1. The first-order valence-electron chi connectivity index (χ1n) is 6.21. The van der Waals surface area contributed by atoms with Gasteiger partial charge in [-0.3, -0.25) is 4.79 Å². The fraction of sp³-hybridized carbons (Fsp3) is 0.500. The average Bonchev–Trinajstić information content (AvgIpc) is 2.26. The summed E-state index contributed by atoms with van der Waals surface area (Å²) in [7, 11) is 0. The van der Waals surface area contributed by atoms with Gasteiger partial charge >= 0.3 is 0 Å². The van der Waals surface area contributed by atoms with Crippen molar-refractivity contribution < 1.29 is 4.79 Å². The number of hydrogen-bond acceptors (Lipinski definition) is 2. The molecule has 3 nitrogen and oxygen atoms in total. The predicted molar refractivity (Wildman–Crippen MR) is 71.1 cm³/mol. The third-order valence-corrected chi connectivity index (χ3v) is 3.22. The first-order chi connectivity index (χ1) is 8.00. The Kier molecular flexibility index (Phi) is 3.09. The number of aryl methyl sites for hydroxylation is 2. The number of nitrogens with zero attached hydrogens (tertiary/aromatic N) is 1. The fourth-order valence-electron chi connectivity index (χ4n) is 2.48. The van der Waals surface area contributed by atoms with Gasteiger partial charge in [0.1, 0.15) is 0 Å². The molecule has 0 aromatic heterocycles. The molecule has 0 saturated carbocycles. The van der Waals surface area contributed by atoms with Crippen molar-refractivity contribution in [1.82, 2.24) is 0 Å². The number of nitrogen functional groups attached to an aromatic ring is 1. The van der Waals surface area contributed by atoms with Gasteiger partial charge in [-0.1, -0.05) is 19.9 Å². The molecule has 1 heterocycles. The summed E-state index contributed by atoms with van der Waals surface area (Å²) in [5.41, 5.74) is 10.1. The van der Waals surface area contributed by atoms with E-state index in [1.807, 2.05) is 31.7 Å². The smallest absolute Gasteiger partial charge is 0.229 e. The summed E-state index contributed by atoms with van der Waals surface area (Å²) < 4.78 is 0. The molecular weight excluding hydrogens is 212 g/mol. The van der Waals surface area contributed by atoms with Gasteiger partial charge in [-0.05, 0) is 37.0 Å². The van der Waals surface area contributed by atoms with Crippen LogP contribution in [0.5, 0.6) is 0 Å². The van der Waals surface area contributed by atoms with Crippen LogP contribution in [0.25, 0.3) is 0 Å². The predicted octanol–water partition coefficient (Wildman–Crippen LogP) is 2.51. The molecule has 0 aliphatic carbocycles. The van der Waals surface area contributed by atoms with Crippen molar-refractivity contribution >= 4 is 17.3 Å². The lowest BCUT2D eigenvalue weighted by atomic mass is 9.97. The van der Waals surface area contributed by atoms with Crippen molar-refractivity contribution in [2.24, 2.45) is 5.92 Å². The van der Waals surface area contributed by atoms with Crippen LogP contribution in [0.15, 0.2) is 12.1 Å². The lowest BCUT2D eigenvalue weighted by Crippen LogP contribution is -2.38. The van der Waals surface area contributed by atoms with Gasteiger partial charge in [0.2, 0.25) is 5.91 Å². The third kappa shape index (κ3) is 2.14. The van der Waals surface area contributed by atoms with Crippen molar-refractivity contribution in [1.29, 1.82) is 0 Å². The highest BCUT2D eigenvalue weighted by Gasteiger charge is 2.26. The summed E-state index contributed by atoms with van der Waals surface area (Å²) in [5.74, 6) is 0.183. The quantitative estimate of drug-likeness (QED) is 0.756. The molecule has 2 rings (SSSR count). The van der Waals surface area contributed by atoms with Crippen LogP contribution < -0.4 is 10.6 Å². The number of nitrogens with two attached hydrogens (primary N) is 1. The van der Waals surface area contributed by atoms with Crippen molar-refractivity contribution in [3.63, 3.8) is 0 Å². The zero-order valence-corrected chi connectivity index (χ0v) is 10.8. The fourth-order valence-corrected chi connectivity index (χ4v) is 2.48. The Labute approximate surface area is 103 Å². The van der Waals surface area contributed by atoms with Crippen LogP contribution in [0.4, 0.5) is 11.4 Å². The van der Waals surface area contributed by atoms with Crippen molar-refractivity contribution in [2.45, 2.75) is 33.6 Å². The maximum Gasteiger partial charge on any atom is 0.229 e. The Bertz CT molecular complexity index is 452. The van der Waals surface area contributed by atoms with Crippen LogP contribution in [0.2, 0.25) is 0 Å². The SMILES string of the molecule is Cc1cc(N)c2c(c1)CCCN2C(=O)C(C)C. The van der Waals surface area contributed by atoms with Gasteiger partial charge < -0.3 is 10.6 Å². The average molecular weight is 232 g/mol. The highest BCUT2D eigenvalue weighted by atomic mass is 16.2. The van der Waals surface area contributed by atoms with Crippen molar-refractivity contribution in [3.05, 3.63) is 23.3 Å². The van der Waals surface area contributed by atoms with E-state index >= 15 is 0 Å². The van der Waals surface area contributed by atoms with Crippen molar-refractivity contribution in [2.75, 3.05) is 17.2 Å². The molecule has 1 aliphatic heterocycles. The Morgan fingerprint density at radius 2 is 2.12 bits per heavy atom. The second-order valence-corrected chi connectivity index (χ2v) is 5.11. The van der Waals surface area contributed by atoms with E-state index in [-0.39, 0.29) is 11.8 Å². The van der Waals surface area contributed by atoms with Crippen LogP contribution in [0, 0.1) is 12.8 Å². The van der Waals surface area contributed by atoms with E-state index in [0.29, 0.717) is 0 Å². The Balaban J connectivity index is 2.47. The standard InChI is InChI=1S/C14H20N2O/c1-9(2)14(17)16-6-4-5-11-7-10(3)8-12(15)13(11)16/h7-9H,4-6,15H2,1-3H3. The molecule has 0 bridgehead atoms. The van der Waals surface area contributed by atoms with Crippen molar-refractivity contribution in [3.8, 4) is 0 Å². The van der Waals surface area contributed by atoms with Gasteiger partial charge in [0.25, 0.3) is 0 Å². The molecule has 0 unspecified atom stereocenters. The molecule has 0 atom stereocenters. The zero-order chi connectivity index (χ0) is 12.6. The molecule has 17 heavy (non-hydrogen) atoms. The number of carbonyl (C=O) groups is 1. The van der Waals surface area contributed by atoms with Crippen LogP contribution in [0.3, 0.4) is 0 Å². The minimum absolute atomic E-state index is 0.0154. The molecule has 1 aromatic rings. The van der Waals surface area contributed by atoms with Gasteiger partial charge in [0.15, 0.2) is 0 Å². The van der Waals surface area contributed by atoms with E-state index in [9.17, 15) is 4.79 Å². The van der Waals surface area contributed by atoms with E-state index in [1.165, 1.54) is 11.1 Å². The summed E-state index contributed by atoms with van der Waals surface area (Å²) >= 11 is 0. The third-order valence-electron chi connectivity index (χ3n) is 3.22. The summed E-state index contributed by atoms with van der Waals surface area (Å²) in [5, 5.41) is 0. The molecule has 0 spiro atoms. The molecule has 92 valence electrons. The maximum absolute atomic E-state index is 12.2. The van der Waals surface area contributed by atoms with Crippen LogP contribution in [-0.2, 0) is 11.2 Å². The lowest BCUT2D eigenvalue weighted by Gasteiger charge is -2.32. The lowest BCUT2D eigenvalue weighted by molar-refractivity contribution is -0.121. The Hall–Kier alpha value is -1.51. The molecule has 1 amide bonds. The Morgan fingerprint density at radius 3 is 2.76 bits per heavy atom. The molecule has 0 radical (unpaired) electrons. The largest absolute Gasteiger partial charge is 0.397 e. The highest BCUT2D eigenvalue weighted by molar-refractivity contribution is 5.99. The van der Waals surface area contributed by atoms with Gasteiger partial charge in [0.05, 0.1) is 11.4 Å². The molecule has 2 N–H and O–H groups in total. The number of fused-ring (bicyclic) bond motifs is 1. The minimum atomic E-state index is 0.0154. The molecule has 0 saturated heterocycles. The van der Waals surface area contributed by atoms with Crippen LogP contribution in [0.1, 0.15) is 31.4 Å². The van der Waals surface area contributed by atoms with Gasteiger partial charge in [0, 0.05) is 12.5 Å². The number of carbonyl (C=O) groups excluding carboxylic acids is 1. The van der Waals surface area contributed by atoms with E-state index < -0.39 is 0 Å². The normalized spacial score (nSPS) is 14.9. The second kappa shape index (κ2) is 4.40. The number of rotatable bonds is 1. The monoisotopic (exact) mass is 232 g/mol. The summed E-state index contributed by atoms with van der Waals surface area (Å²) in [4.78, 5) is 14.0. The van der Waals surface area contributed by atoms with E-state index in [1.54, 1.807) is 0 Å². The molecule has 1 aliphatic rings. The zero-order valence-electron chi connectivity index (χ0n) is 10.8. The molecule has 3 heteroatoms. The summed E-state index contributed by atoms with van der Waals surface area (Å²) in [6.45, 7) is 6.69.